The van der Waals surface area contributed by atoms with Crippen LogP contribution < -0.4 is 5.32 Å². The molecule has 23 heavy (non-hydrogen) atoms. The highest BCUT2D eigenvalue weighted by molar-refractivity contribution is 5.69. The molecule has 0 unspecified atom stereocenters. The second-order valence-electron chi connectivity index (χ2n) is 6.17. The minimum atomic E-state index is -0.777. The number of ether oxygens (including phenoxy) is 2. The van der Waals surface area contributed by atoms with Gasteiger partial charge in [0.05, 0.1) is 12.6 Å². The van der Waals surface area contributed by atoms with Crippen molar-refractivity contribution in [3.05, 3.63) is 48.6 Å². The molecule has 1 amide bonds. The molecular weight excluding hydrogens is 294 g/mol. The Kier molecular flexibility index (Phi) is 7.48. The molecular formula is C18H25NO4. The number of benzene rings is 1. The van der Waals surface area contributed by atoms with Crippen LogP contribution in [0.3, 0.4) is 0 Å². The second kappa shape index (κ2) is 9.10. The molecule has 126 valence electrons. The summed E-state index contributed by atoms with van der Waals surface area (Å²) < 4.78 is 10.9. The maximum Gasteiger partial charge on any atom is 0.407 e. The molecule has 5 heteroatoms. The number of rotatable bonds is 8. The normalized spacial score (nSPS) is 13.7. The van der Waals surface area contributed by atoms with Gasteiger partial charge in [-0.25, -0.2) is 4.79 Å². The van der Waals surface area contributed by atoms with Crippen LogP contribution in [0.5, 0.6) is 0 Å². The minimum absolute atomic E-state index is 0.286. The van der Waals surface area contributed by atoms with Crippen LogP contribution in [0.4, 0.5) is 4.79 Å². The highest BCUT2D eigenvalue weighted by Gasteiger charge is 2.25. The van der Waals surface area contributed by atoms with Gasteiger partial charge in [0.1, 0.15) is 11.7 Å². The zero-order valence-electron chi connectivity index (χ0n) is 14.0. The largest absolute Gasteiger partial charge is 0.444 e. The van der Waals surface area contributed by atoms with Crippen LogP contribution in [0, 0.1) is 0 Å². The van der Waals surface area contributed by atoms with E-state index in [1.165, 1.54) is 0 Å². The zero-order valence-corrected chi connectivity index (χ0v) is 14.0. The Bertz CT molecular complexity index is 508. The fraction of sp³-hybridized carbons (Fsp3) is 0.444. The summed E-state index contributed by atoms with van der Waals surface area (Å²) in [6, 6.07) is 9.00. The Morgan fingerprint density at radius 1 is 1.30 bits per heavy atom. The van der Waals surface area contributed by atoms with E-state index in [0.29, 0.717) is 12.7 Å². The summed E-state index contributed by atoms with van der Waals surface area (Å²) in [5, 5.41) is 2.67. The van der Waals surface area contributed by atoms with Crippen LogP contribution in [-0.2, 0) is 20.9 Å². The summed E-state index contributed by atoms with van der Waals surface area (Å²) in [5.74, 6) is 0. The van der Waals surface area contributed by atoms with Crippen molar-refractivity contribution in [2.45, 2.75) is 51.5 Å². The summed E-state index contributed by atoms with van der Waals surface area (Å²) >= 11 is 0. The Hall–Kier alpha value is -2.14. The van der Waals surface area contributed by atoms with Gasteiger partial charge in [0, 0.05) is 0 Å². The molecule has 0 aromatic heterocycles. The van der Waals surface area contributed by atoms with Gasteiger partial charge in [0.25, 0.3) is 0 Å². The first-order valence-electron chi connectivity index (χ1n) is 7.57. The van der Waals surface area contributed by atoms with Crippen molar-refractivity contribution in [2.24, 2.45) is 0 Å². The zero-order chi connectivity index (χ0) is 17.3. The number of amides is 1. The summed E-state index contributed by atoms with van der Waals surface area (Å²) in [6.07, 6.45) is 1.36. The molecule has 0 heterocycles. The van der Waals surface area contributed by atoms with Gasteiger partial charge in [0.2, 0.25) is 0 Å². The standard InChI is InChI=1S/C18H25NO4/c1-5-9-15(19-17(21)23-18(2,3)4)16(12-20)22-13-14-10-7-6-8-11-14/h5-8,10-12,15-16H,1,9,13H2,2-4H3,(H,19,21)/t15-,16-/m1/s1. The molecule has 1 aromatic carbocycles. The van der Waals surface area contributed by atoms with E-state index in [1.54, 1.807) is 26.8 Å². The number of aldehydes is 1. The topological polar surface area (TPSA) is 64.6 Å². The van der Waals surface area contributed by atoms with Crippen LogP contribution in [-0.4, -0.2) is 30.1 Å². The lowest BCUT2D eigenvalue weighted by Gasteiger charge is -2.26. The third kappa shape index (κ3) is 7.61. The Morgan fingerprint density at radius 2 is 1.96 bits per heavy atom. The molecule has 0 radical (unpaired) electrons. The molecule has 5 nitrogen and oxygen atoms in total. The first kappa shape index (κ1) is 18.9. The highest BCUT2D eigenvalue weighted by atomic mass is 16.6. The van der Waals surface area contributed by atoms with E-state index in [0.717, 1.165) is 5.56 Å². The third-order valence-electron chi connectivity index (χ3n) is 2.94. The van der Waals surface area contributed by atoms with Crippen molar-refractivity contribution in [1.82, 2.24) is 5.32 Å². The molecule has 0 spiro atoms. The summed E-state index contributed by atoms with van der Waals surface area (Å²) in [6.45, 7) is 9.27. The van der Waals surface area contributed by atoms with Gasteiger partial charge in [-0.1, -0.05) is 36.4 Å². The number of nitrogens with one attached hydrogen (secondary N) is 1. The Labute approximate surface area is 137 Å². The molecule has 1 rings (SSSR count). The van der Waals surface area contributed by atoms with E-state index >= 15 is 0 Å². The van der Waals surface area contributed by atoms with Gasteiger partial charge >= 0.3 is 6.09 Å². The van der Waals surface area contributed by atoms with Crippen molar-refractivity contribution in [1.29, 1.82) is 0 Å². The van der Waals surface area contributed by atoms with E-state index in [-0.39, 0.29) is 6.61 Å². The average molecular weight is 319 g/mol. The van der Waals surface area contributed by atoms with Crippen molar-refractivity contribution >= 4 is 12.4 Å². The van der Waals surface area contributed by atoms with Gasteiger partial charge < -0.3 is 19.6 Å². The highest BCUT2D eigenvalue weighted by Crippen LogP contribution is 2.11. The molecule has 1 N–H and O–H groups in total. The lowest BCUT2D eigenvalue weighted by atomic mass is 10.1. The minimum Gasteiger partial charge on any atom is -0.444 e. The predicted molar refractivity (Wildman–Crippen MR) is 89.1 cm³/mol. The van der Waals surface area contributed by atoms with Crippen molar-refractivity contribution < 1.29 is 19.1 Å². The number of alkyl carbamates (subject to hydrolysis) is 1. The molecule has 0 fully saturated rings. The molecule has 1 aromatic rings. The molecule has 0 bridgehead atoms. The van der Waals surface area contributed by atoms with E-state index in [1.807, 2.05) is 30.3 Å². The number of carbonyl (C=O) groups is 2. The average Bonchev–Trinajstić information content (AvgIpc) is 2.47. The van der Waals surface area contributed by atoms with Crippen LogP contribution in [0.1, 0.15) is 32.8 Å². The number of carbonyl (C=O) groups excluding carboxylic acids is 2. The number of hydrogen-bond acceptors (Lipinski definition) is 4. The van der Waals surface area contributed by atoms with E-state index in [4.69, 9.17) is 9.47 Å². The summed E-state index contributed by atoms with van der Waals surface area (Å²) in [5.41, 5.74) is 0.346. The summed E-state index contributed by atoms with van der Waals surface area (Å²) in [4.78, 5) is 23.3. The molecule has 2 atom stereocenters. The van der Waals surface area contributed by atoms with Crippen molar-refractivity contribution in [3.8, 4) is 0 Å². The summed E-state index contributed by atoms with van der Waals surface area (Å²) in [7, 11) is 0. The van der Waals surface area contributed by atoms with Gasteiger partial charge in [-0.3, -0.25) is 0 Å². The Balaban J connectivity index is 2.66. The smallest absolute Gasteiger partial charge is 0.407 e. The van der Waals surface area contributed by atoms with Gasteiger partial charge in [-0.05, 0) is 32.8 Å². The predicted octanol–water partition coefficient (Wildman–Crippen LogP) is 3.24. The van der Waals surface area contributed by atoms with Crippen LogP contribution in [0.15, 0.2) is 43.0 Å². The number of hydrogen-bond donors (Lipinski definition) is 1. The van der Waals surface area contributed by atoms with E-state index < -0.39 is 23.8 Å². The first-order valence-corrected chi connectivity index (χ1v) is 7.57. The molecule has 0 saturated carbocycles. The third-order valence-corrected chi connectivity index (χ3v) is 2.94. The van der Waals surface area contributed by atoms with E-state index in [2.05, 4.69) is 11.9 Å². The van der Waals surface area contributed by atoms with Gasteiger partial charge in [0.15, 0.2) is 6.29 Å². The first-order chi connectivity index (χ1) is 10.9. The monoisotopic (exact) mass is 319 g/mol. The Morgan fingerprint density at radius 3 is 2.48 bits per heavy atom. The fourth-order valence-electron chi connectivity index (χ4n) is 1.93. The van der Waals surface area contributed by atoms with Crippen LogP contribution in [0.2, 0.25) is 0 Å². The van der Waals surface area contributed by atoms with Crippen LogP contribution >= 0.6 is 0 Å². The molecule has 0 aliphatic carbocycles. The fourth-order valence-corrected chi connectivity index (χ4v) is 1.93. The second-order valence-corrected chi connectivity index (χ2v) is 6.17. The molecule has 0 saturated heterocycles. The van der Waals surface area contributed by atoms with Crippen molar-refractivity contribution in [2.75, 3.05) is 0 Å². The quantitative estimate of drug-likeness (QED) is 0.590. The van der Waals surface area contributed by atoms with Gasteiger partial charge in [-0.15, -0.1) is 6.58 Å². The van der Waals surface area contributed by atoms with Crippen LogP contribution in [0.25, 0.3) is 0 Å². The lowest BCUT2D eigenvalue weighted by molar-refractivity contribution is -0.120. The van der Waals surface area contributed by atoms with Crippen molar-refractivity contribution in [3.63, 3.8) is 0 Å². The SMILES string of the molecule is C=CC[C@@H](NC(=O)OC(C)(C)C)[C@@H](C=O)OCc1ccccc1. The lowest BCUT2D eigenvalue weighted by Crippen LogP contribution is -2.46. The molecule has 0 aliphatic rings. The maximum atomic E-state index is 11.9. The van der Waals surface area contributed by atoms with Gasteiger partial charge in [-0.2, -0.15) is 0 Å². The van der Waals surface area contributed by atoms with E-state index in [9.17, 15) is 9.59 Å². The maximum absolute atomic E-state index is 11.9. The molecule has 0 aliphatic heterocycles.